The molecule has 0 spiro atoms. The lowest BCUT2D eigenvalue weighted by Crippen LogP contribution is -2.33. The number of benzene rings is 1. The molecule has 2 heteroatoms. The van der Waals surface area contributed by atoms with E-state index >= 15 is 0 Å². The van der Waals surface area contributed by atoms with Crippen LogP contribution in [-0.4, -0.2) is 6.04 Å². The molecule has 1 aromatic rings. The van der Waals surface area contributed by atoms with E-state index in [1.165, 1.54) is 18.4 Å². The van der Waals surface area contributed by atoms with Crippen LogP contribution in [0.5, 0.6) is 0 Å². The molecule has 2 nitrogen and oxygen atoms in total. The number of hydrogen-bond donors (Lipinski definition) is 1. The maximum absolute atomic E-state index is 9.16. The molecule has 0 aromatic heterocycles. The molecular weight excluding hydrogens is 208 g/mol. The largest absolute Gasteiger partial charge is 0.298 e. The van der Waals surface area contributed by atoms with Gasteiger partial charge in [-0.3, -0.25) is 5.32 Å². The van der Waals surface area contributed by atoms with Crippen molar-refractivity contribution in [3.05, 3.63) is 35.9 Å². The standard InChI is InChI=1S/C15H22N2/c1-3-4-8-13(2)15(11-16)17-12-14-9-6-5-7-10-14/h5-7,9-10,13,15,17H,3-4,8,12H2,1-2H3/t13-,15?/m0/s1. The van der Waals surface area contributed by atoms with Gasteiger partial charge in [0.2, 0.25) is 0 Å². The Labute approximate surface area is 105 Å². The minimum Gasteiger partial charge on any atom is -0.298 e. The molecule has 1 N–H and O–H groups in total. The molecule has 0 heterocycles. The van der Waals surface area contributed by atoms with Crippen LogP contribution >= 0.6 is 0 Å². The highest BCUT2D eigenvalue weighted by Crippen LogP contribution is 2.12. The van der Waals surface area contributed by atoms with Crippen molar-refractivity contribution in [2.75, 3.05) is 0 Å². The predicted octanol–water partition coefficient (Wildman–Crippen LogP) is 3.49. The molecule has 0 fully saturated rings. The Balaban J connectivity index is 2.40. The van der Waals surface area contributed by atoms with Crippen molar-refractivity contribution in [1.82, 2.24) is 5.32 Å². The average molecular weight is 230 g/mol. The summed E-state index contributed by atoms with van der Waals surface area (Å²) < 4.78 is 0. The summed E-state index contributed by atoms with van der Waals surface area (Å²) >= 11 is 0. The maximum atomic E-state index is 9.16. The van der Waals surface area contributed by atoms with Crippen molar-refractivity contribution in [3.8, 4) is 6.07 Å². The quantitative estimate of drug-likeness (QED) is 0.778. The lowest BCUT2D eigenvalue weighted by atomic mass is 9.96. The number of nitrogens with one attached hydrogen (secondary N) is 1. The van der Waals surface area contributed by atoms with Crippen LogP contribution in [0.3, 0.4) is 0 Å². The highest BCUT2D eigenvalue weighted by atomic mass is 14.9. The second kappa shape index (κ2) is 7.86. The van der Waals surface area contributed by atoms with Crippen LogP contribution in [0.25, 0.3) is 0 Å². The molecule has 1 unspecified atom stereocenters. The highest BCUT2D eigenvalue weighted by molar-refractivity contribution is 5.14. The summed E-state index contributed by atoms with van der Waals surface area (Å²) in [5.74, 6) is 0.420. The first-order valence-corrected chi connectivity index (χ1v) is 6.44. The first-order valence-electron chi connectivity index (χ1n) is 6.44. The fraction of sp³-hybridized carbons (Fsp3) is 0.533. The van der Waals surface area contributed by atoms with Crippen LogP contribution in [-0.2, 0) is 6.54 Å². The Kier molecular flexibility index (Phi) is 6.35. The lowest BCUT2D eigenvalue weighted by molar-refractivity contribution is 0.404. The Morgan fingerprint density at radius 1 is 1.29 bits per heavy atom. The number of nitrogens with zero attached hydrogens (tertiary/aromatic N) is 1. The van der Waals surface area contributed by atoms with Crippen molar-refractivity contribution >= 4 is 0 Å². The minimum absolute atomic E-state index is 0.0400. The SMILES string of the molecule is CCCC[C@H](C)C(C#N)NCc1ccccc1. The fourth-order valence-corrected chi connectivity index (χ4v) is 1.89. The predicted molar refractivity (Wildman–Crippen MR) is 71.4 cm³/mol. The Morgan fingerprint density at radius 2 is 2.00 bits per heavy atom. The number of rotatable bonds is 7. The van der Waals surface area contributed by atoms with Gasteiger partial charge in [0.1, 0.15) is 0 Å². The van der Waals surface area contributed by atoms with E-state index < -0.39 is 0 Å². The zero-order valence-electron chi connectivity index (χ0n) is 10.8. The molecule has 1 aromatic carbocycles. The van der Waals surface area contributed by atoms with Crippen molar-refractivity contribution in [2.24, 2.45) is 5.92 Å². The van der Waals surface area contributed by atoms with Crippen LogP contribution in [0.2, 0.25) is 0 Å². The molecule has 0 saturated heterocycles. The van der Waals surface area contributed by atoms with E-state index in [1.807, 2.05) is 18.2 Å². The van der Waals surface area contributed by atoms with Gasteiger partial charge in [-0.1, -0.05) is 57.0 Å². The topological polar surface area (TPSA) is 35.8 Å². The van der Waals surface area contributed by atoms with E-state index in [-0.39, 0.29) is 6.04 Å². The molecular formula is C15H22N2. The first-order chi connectivity index (χ1) is 8.27. The third kappa shape index (κ3) is 5.01. The van der Waals surface area contributed by atoms with Crippen molar-refractivity contribution < 1.29 is 0 Å². The molecule has 0 saturated carbocycles. The van der Waals surface area contributed by atoms with Crippen LogP contribution in [0.4, 0.5) is 0 Å². The maximum Gasteiger partial charge on any atom is 0.0981 e. The van der Waals surface area contributed by atoms with Crippen molar-refractivity contribution in [3.63, 3.8) is 0 Å². The van der Waals surface area contributed by atoms with Gasteiger partial charge >= 0.3 is 0 Å². The van der Waals surface area contributed by atoms with Gasteiger partial charge in [-0.2, -0.15) is 5.26 Å². The van der Waals surface area contributed by atoms with Crippen LogP contribution in [0.1, 0.15) is 38.7 Å². The molecule has 0 aliphatic carbocycles. The smallest absolute Gasteiger partial charge is 0.0981 e. The molecule has 17 heavy (non-hydrogen) atoms. The molecule has 0 aliphatic heterocycles. The van der Waals surface area contributed by atoms with E-state index in [2.05, 4.69) is 37.4 Å². The zero-order chi connectivity index (χ0) is 12.5. The van der Waals surface area contributed by atoms with Gasteiger partial charge in [-0.15, -0.1) is 0 Å². The Hall–Kier alpha value is -1.33. The van der Waals surface area contributed by atoms with Gasteiger partial charge in [0.15, 0.2) is 0 Å². The second-order valence-electron chi connectivity index (χ2n) is 4.59. The summed E-state index contributed by atoms with van der Waals surface area (Å²) in [4.78, 5) is 0. The fourth-order valence-electron chi connectivity index (χ4n) is 1.89. The Bertz CT molecular complexity index is 340. The highest BCUT2D eigenvalue weighted by Gasteiger charge is 2.15. The summed E-state index contributed by atoms with van der Waals surface area (Å²) in [6.07, 6.45) is 3.52. The van der Waals surface area contributed by atoms with Crippen LogP contribution in [0, 0.1) is 17.2 Å². The summed E-state index contributed by atoms with van der Waals surface area (Å²) in [6.45, 7) is 5.11. The molecule has 1 rings (SSSR count). The van der Waals surface area contributed by atoms with Crippen LogP contribution < -0.4 is 5.32 Å². The number of nitriles is 1. The monoisotopic (exact) mass is 230 g/mol. The van der Waals surface area contributed by atoms with Gasteiger partial charge in [-0.05, 0) is 17.9 Å². The zero-order valence-corrected chi connectivity index (χ0v) is 10.8. The third-order valence-electron chi connectivity index (χ3n) is 3.09. The third-order valence-corrected chi connectivity index (χ3v) is 3.09. The van der Waals surface area contributed by atoms with E-state index in [0.29, 0.717) is 5.92 Å². The second-order valence-corrected chi connectivity index (χ2v) is 4.59. The molecule has 0 aliphatic rings. The summed E-state index contributed by atoms with van der Waals surface area (Å²) in [6, 6.07) is 12.6. The van der Waals surface area contributed by atoms with Crippen LogP contribution in [0.15, 0.2) is 30.3 Å². The normalized spacial score (nSPS) is 13.9. The van der Waals surface area contributed by atoms with Gasteiger partial charge in [0.05, 0.1) is 12.1 Å². The summed E-state index contributed by atoms with van der Waals surface area (Å²) in [5.41, 5.74) is 1.23. The van der Waals surface area contributed by atoms with E-state index in [4.69, 9.17) is 5.26 Å². The van der Waals surface area contributed by atoms with E-state index in [9.17, 15) is 0 Å². The van der Waals surface area contributed by atoms with Gasteiger partial charge < -0.3 is 0 Å². The Morgan fingerprint density at radius 3 is 2.59 bits per heavy atom. The molecule has 2 atom stereocenters. The average Bonchev–Trinajstić information content (AvgIpc) is 2.38. The number of hydrogen-bond acceptors (Lipinski definition) is 2. The van der Waals surface area contributed by atoms with Crippen molar-refractivity contribution in [2.45, 2.75) is 45.7 Å². The minimum atomic E-state index is -0.0400. The molecule has 0 radical (unpaired) electrons. The number of unbranched alkanes of at least 4 members (excludes halogenated alkanes) is 1. The van der Waals surface area contributed by atoms with E-state index in [1.54, 1.807) is 0 Å². The first kappa shape index (κ1) is 13.7. The van der Waals surface area contributed by atoms with Gasteiger partial charge in [0.25, 0.3) is 0 Å². The van der Waals surface area contributed by atoms with Crippen molar-refractivity contribution in [1.29, 1.82) is 5.26 Å². The molecule has 92 valence electrons. The van der Waals surface area contributed by atoms with Gasteiger partial charge in [-0.25, -0.2) is 0 Å². The summed E-state index contributed by atoms with van der Waals surface area (Å²) in [5, 5.41) is 12.5. The van der Waals surface area contributed by atoms with E-state index in [0.717, 1.165) is 13.0 Å². The summed E-state index contributed by atoms with van der Waals surface area (Å²) in [7, 11) is 0. The lowest BCUT2D eigenvalue weighted by Gasteiger charge is -2.18. The molecule has 0 bridgehead atoms. The molecule has 0 amide bonds. The van der Waals surface area contributed by atoms with Gasteiger partial charge in [0, 0.05) is 6.54 Å².